The van der Waals surface area contributed by atoms with Crippen molar-refractivity contribution in [3.05, 3.63) is 45.9 Å². The topological polar surface area (TPSA) is 68.0 Å². The van der Waals surface area contributed by atoms with E-state index in [4.69, 9.17) is 5.84 Å². The first kappa shape index (κ1) is 13.1. The summed E-state index contributed by atoms with van der Waals surface area (Å²) in [4.78, 5) is 17.2. The first-order valence-electron chi connectivity index (χ1n) is 5.34. The molecule has 0 saturated heterocycles. The van der Waals surface area contributed by atoms with Crippen LogP contribution in [0.5, 0.6) is 0 Å². The molecule has 1 aromatic carbocycles. The van der Waals surface area contributed by atoms with Gasteiger partial charge in [-0.15, -0.1) is 23.1 Å². The van der Waals surface area contributed by atoms with Gasteiger partial charge in [-0.3, -0.25) is 10.2 Å². The molecule has 18 heavy (non-hydrogen) atoms. The van der Waals surface area contributed by atoms with Crippen molar-refractivity contribution >= 4 is 29.0 Å². The van der Waals surface area contributed by atoms with Gasteiger partial charge in [0.25, 0.3) is 5.91 Å². The average Bonchev–Trinajstić information content (AvgIpc) is 2.86. The van der Waals surface area contributed by atoms with E-state index in [-0.39, 0.29) is 5.91 Å². The second-order valence-corrected chi connectivity index (χ2v) is 5.86. The number of nitrogen functional groups attached to an aromatic ring is 1. The van der Waals surface area contributed by atoms with Crippen LogP contribution in [0.4, 0.5) is 0 Å². The molecule has 0 aliphatic rings. The number of rotatable bonds is 4. The highest BCUT2D eigenvalue weighted by atomic mass is 32.2. The molecule has 0 aliphatic carbocycles. The van der Waals surface area contributed by atoms with Gasteiger partial charge in [0.05, 0.1) is 11.9 Å². The molecule has 0 atom stereocenters. The van der Waals surface area contributed by atoms with Gasteiger partial charge in [0, 0.05) is 4.90 Å². The van der Waals surface area contributed by atoms with Gasteiger partial charge < -0.3 is 0 Å². The highest BCUT2D eigenvalue weighted by molar-refractivity contribution is 7.98. The van der Waals surface area contributed by atoms with E-state index in [2.05, 4.69) is 41.6 Å². The Morgan fingerprint density at radius 2 is 2.17 bits per heavy atom. The number of benzene rings is 1. The van der Waals surface area contributed by atoms with Gasteiger partial charge in [-0.05, 0) is 19.1 Å². The Balaban J connectivity index is 1.96. The van der Waals surface area contributed by atoms with Crippen LogP contribution >= 0.6 is 23.1 Å². The van der Waals surface area contributed by atoms with Crippen LogP contribution in [0.15, 0.2) is 35.4 Å². The Kier molecular flexibility index (Phi) is 4.35. The van der Waals surface area contributed by atoms with Gasteiger partial charge in [-0.1, -0.05) is 17.7 Å². The zero-order valence-corrected chi connectivity index (χ0v) is 11.5. The molecular formula is C12H13N3OS2. The van der Waals surface area contributed by atoms with Crippen molar-refractivity contribution < 1.29 is 4.79 Å². The van der Waals surface area contributed by atoms with Crippen LogP contribution in [0, 0.1) is 6.92 Å². The lowest BCUT2D eigenvalue weighted by Crippen LogP contribution is -2.29. The fraction of sp³-hybridized carbons (Fsp3) is 0.167. The molecule has 0 unspecified atom stereocenters. The summed E-state index contributed by atoms with van der Waals surface area (Å²) in [5.74, 6) is 5.53. The lowest BCUT2D eigenvalue weighted by atomic mass is 10.2. The Bertz CT molecular complexity index is 537. The molecule has 0 bridgehead atoms. The van der Waals surface area contributed by atoms with E-state index in [0.29, 0.717) is 4.88 Å². The van der Waals surface area contributed by atoms with E-state index in [1.165, 1.54) is 21.8 Å². The molecule has 1 amide bonds. The summed E-state index contributed by atoms with van der Waals surface area (Å²) in [5.41, 5.74) is 3.35. The molecule has 0 saturated carbocycles. The Labute approximate surface area is 114 Å². The fourth-order valence-corrected chi connectivity index (χ4v) is 3.05. The molecule has 1 heterocycles. The maximum atomic E-state index is 11.3. The van der Waals surface area contributed by atoms with Gasteiger partial charge in [-0.25, -0.2) is 10.8 Å². The number of thiazole rings is 1. The third-order valence-corrected chi connectivity index (χ3v) is 4.49. The number of thioether (sulfide) groups is 1. The molecule has 2 aromatic rings. The normalized spacial score (nSPS) is 10.3. The Morgan fingerprint density at radius 3 is 2.83 bits per heavy atom. The molecule has 2 rings (SSSR count). The summed E-state index contributed by atoms with van der Waals surface area (Å²) in [7, 11) is 0. The summed E-state index contributed by atoms with van der Waals surface area (Å²) in [6, 6.07) is 8.33. The van der Waals surface area contributed by atoms with E-state index >= 15 is 0 Å². The number of carbonyl (C=O) groups excluding carboxylic acids is 1. The Morgan fingerprint density at radius 1 is 1.44 bits per heavy atom. The maximum absolute atomic E-state index is 11.3. The van der Waals surface area contributed by atoms with Crippen molar-refractivity contribution in [1.82, 2.24) is 10.4 Å². The van der Waals surface area contributed by atoms with Crippen LogP contribution in [0.1, 0.15) is 20.2 Å². The number of aromatic nitrogens is 1. The van der Waals surface area contributed by atoms with Gasteiger partial charge in [0.15, 0.2) is 0 Å². The smallest absolute Gasteiger partial charge is 0.276 e. The number of carbonyl (C=O) groups is 1. The van der Waals surface area contributed by atoms with Crippen molar-refractivity contribution in [3.8, 4) is 0 Å². The molecule has 1 aromatic heterocycles. The number of hydrogen-bond acceptors (Lipinski definition) is 5. The number of nitrogens with one attached hydrogen (secondary N) is 1. The Hall–Kier alpha value is -1.37. The zero-order chi connectivity index (χ0) is 13.0. The summed E-state index contributed by atoms with van der Waals surface area (Å²) in [5, 5.41) is 0.916. The van der Waals surface area contributed by atoms with Crippen molar-refractivity contribution in [2.24, 2.45) is 5.84 Å². The van der Waals surface area contributed by atoms with Crippen molar-refractivity contribution in [2.75, 3.05) is 0 Å². The number of nitrogens with two attached hydrogens (primary N) is 1. The highest BCUT2D eigenvalue weighted by Crippen LogP contribution is 2.25. The molecule has 0 aliphatic heterocycles. The van der Waals surface area contributed by atoms with Gasteiger partial charge in [0.1, 0.15) is 9.88 Å². The highest BCUT2D eigenvalue weighted by Gasteiger charge is 2.09. The van der Waals surface area contributed by atoms with Gasteiger partial charge in [0.2, 0.25) is 0 Å². The van der Waals surface area contributed by atoms with Crippen LogP contribution in [0.3, 0.4) is 0 Å². The lowest BCUT2D eigenvalue weighted by molar-refractivity contribution is 0.0957. The lowest BCUT2D eigenvalue weighted by Gasteiger charge is -1.99. The minimum atomic E-state index is -0.293. The SMILES string of the molecule is Cc1ccc(SCc2ncc(C(=O)NN)s2)cc1. The third kappa shape index (κ3) is 3.32. The van der Waals surface area contributed by atoms with Crippen LogP contribution < -0.4 is 11.3 Å². The predicted octanol–water partition coefficient (Wildman–Crippen LogP) is 2.35. The van der Waals surface area contributed by atoms with E-state index in [0.717, 1.165) is 10.8 Å². The summed E-state index contributed by atoms with van der Waals surface area (Å²) in [6.45, 7) is 2.06. The molecule has 6 heteroatoms. The van der Waals surface area contributed by atoms with E-state index in [1.54, 1.807) is 18.0 Å². The fourth-order valence-electron chi connectivity index (χ4n) is 1.33. The first-order valence-corrected chi connectivity index (χ1v) is 7.14. The molecule has 94 valence electrons. The second kappa shape index (κ2) is 5.99. The van der Waals surface area contributed by atoms with Crippen molar-refractivity contribution in [1.29, 1.82) is 0 Å². The van der Waals surface area contributed by atoms with Crippen LogP contribution in [-0.4, -0.2) is 10.9 Å². The minimum Gasteiger partial charge on any atom is -0.289 e. The summed E-state index contributed by atoms with van der Waals surface area (Å²) < 4.78 is 0. The molecule has 0 fully saturated rings. The predicted molar refractivity (Wildman–Crippen MR) is 74.5 cm³/mol. The second-order valence-electron chi connectivity index (χ2n) is 3.69. The number of nitrogens with zero attached hydrogens (tertiary/aromatic N) is 1. The first-order chi connectivity index (χ1) is 8.69. The number of amides is 1. The van der Waals surface area contributed by atoms with Gasteiger partial charge in [-0.2, -0.15) is 0 Å². The molecule has 4 nitrogen and oxygen atoms in total. The number of hydrazine groups is 1. The molecule has 0 spiro atoms. The zero-order valence-electron chi connectivity index (χ0n) is 9.84. The molecule has 0 radical (unpaired) electrons. The standard InChI is InChI=1S/C12H13N3OS2/c1-8-2-4-9(5-3-8)17-7-11-14-6-10(18-11)12(16)15-13/h2-6H,7,13H2,1H3,(H,15,16). The van der Waals surface area contributed by atoms with Gasteiger partial charge >= 0.3 is 0 Å². The van der Waals surface area contributed by atoms with Crippen molar-refractivity contribution in [3.63, 3.8) is 0 Å². The van der Waals surface area contributed by atoms with E-state index in [1.807, 2.05) is 0 Å². The van der Waals surface area contributed by atoms with Crippen molar-refractivity contribution in [2.45, 2.75) is 17.6 Å². The van der Waals surface area contributed by atoms with E-state index in [9.17, 15) is 4.79 Å². The third-order valence-electron chi connectivity index (χ3n) is 2.29. The maximum Gasteiger partial charge on any atom is 0.276 e. The monoisotopic (exact) mass is 279 g/mol. The number of hydrogen-bond donors (Lipinski definition) is 2. The number of aryl methyl sites for hydroxylation is 1. The van der Waals surface area contributed by atoms with Crippen LogP contribution in [0.2, 0.25) is 0 Å². The largest absolute Gasteiger partial charge is 0.289 e. The van der Waals surface area contributed by atoms with Crippen LogP contribution in [0.25, 0.3) is 0 Å². The summed E-state index contributed by atoms with van der Waals surface area (Å²) in [6.07, 6.45) is 1.55. The quantitative estimate of drug-likeness (QED) is 0.390. The molecule has 3 N–H and O–H groups in total. The average molecular weight is 279 g/mol. The minimum absolute atomic E-state index is 0.293. The summed E-state index contributed by atoms with van der Waals surface area (Å²) >= 11 is 3.06. The van der Waals surface area contributed by atoms with Crippen LogP contribution in [-0.2, 0) is 5.75 Å². The van der Waals surface area contributed by atoms with E-state index < -0.39 is 0 Å². The molecular weight excluding hydrogens is 266 g/mol.